The van der Waals surface area contributed by atoms with Crippen LogP contribution in [0.4, 0.5) is 4.79 Å². The molecular formula is C40H56N6O6. The number of hydrogen-bond donors (Lipinski definition) is 5. The summed E-state index contributed by atoms with van der Waals surface area (Å²) in [4.78, 5) is 82.7. The summed E-state index contributed by atoms with van der Waals surface area (Å²) < 4.78 is 0. The number of Topliss-reactive ketones (excluding diaryl/α,β-unsaturated/α-hetero) is 1. The summed E-state index contributed by atoms with van der Waals surface area (Å²) in [5, 5.41) is 11.5. The molecule has 2 aromatic carbocycles. The molecule has 0 bridgehead atoms. The zero-order valence-electron chi connectivity index (χ0n) is 31.9. The molecule has 2 fully saturated rings. The minimum atomic E-state index is -1.15. The van der Waals surface area contributed by atoms with Gasteiger partial charge in [-0.1, -0.05) is 109 Å². The Morgan fingerprint density at radius 3 is 1.85 bits per heavy atom. The summed E-state index contributed by atoms with van der Waals surface area (Å²) >= 11 is 0. The molecule has 6 atom stereocenters. The van der Waals surface area contributed by atoms with Gasteiger partial charge in [0.1, 0.15) is 18.1 Å². The number of amides is 6. The van der Waals surface area contributed by atoms with E-state index in [1.54, 1.807) is 0 Å². The van der Waals surface area contributed by atoms with E-state index in [4.69, 9.17) is 5.73 Å². The normalized spacial score (nSPS) is 20.9. The molecule has 0 spiro atoms. The number of nitrogens with zero attached hydrogens (tertiary/aromatic N) is 1. The maximum atomic E-state index is 14.7. The van der Waals surface area contributed by atoms with E-state index in [1.807, 2.05) is 123 Å². The average molecular weight is 717 g/mol. The van der Waals surface area contributed by atoms with E-state index in [2.05, 4.69) is 21.3 Å². The minimum Gasteiger partial charge on any atom is -0.363 e. The highest BCUT2D eigenvalue weighted by atomic mass is 16.2. The van der Waals surface area contributed by atoms with Crippen LogP contribution in [0.25, 0.3) is 0 Å². The average Bonchev–Trinajstić information content (AvgIpc) is 3.36. The number of likely N-dealkylation sites (tertiary alicyclic amines) is 1. The molecule has 6 amide bonds. The standard InChI is InChI=1S/C40H56N6O6/c1-10-17-26(31(47)33(41)48)42-35(50)30-28-25(40(28,8)9)22-46(30)36(51)32(38(2,3)4)44-34(49)29(43-37(52)45-39(5,6)7)27(23-18-13-11-14-19-23)24-20-15-12-16-21-24/h11-16,18-21,25-30,32H,10,17,22H2,1-9H3,(H2,41,48)(H,42,50)(H,44,49)(H2,43,45,52)/t25?,26?,28?,29?,30-,32+/m0/s1. The van der Waals surface area contributed by atoms with Crippen LogP contribution in [-0.2, 0) is 24.0 Å². The van der Waals surface area contributed by atoms with Gasteiger partial charge in [-0.15, -0.1) is 0 Å². The number of nitrogens with one attached hydrogen (secondary N) is 4. The van der Waals surface area contributed by atoms with Gasteiger partial charge in [0.25, 0.3) is 5.91 Å². The van der Waals surface area contributed by atoms with Gasteiger partial charge in [-0.25, -0.2) is 4.79 Å². The molecule has 2 aromatic rings. The van der Waals surface area contributed by atoms with Gasteiger partial charge >= 0.3 is 6.03 Å². The third kappa shape index (κ3) is 9.00. The maximum Gasteiger partial charge on any atom is 0.315 e. The van der Waals surface area contributed by atoms with Gasteiger partial charge in [0, 0.05) is 18.0 Å². The Labute approximate surface area is 307 Å². The molecular weight excluding hydrogens is 660 g/mol. The third-order valence-electron chi connectivity index (χ3n) is 10.3. The SMILES string of the molecule is CCCC(NC(=O)[C@@H]1C2C(CN1C(=O)[C@@H](NC(=O)C(NC(=O)NC(C)(C)C)C(c1ccccc1)c1ccccc1)C(C)(C)C)C2(C)C)C(=O)C(N)=O. The number of carbonyl (C=O) groups excluding carboxylic acids is 6. The van der Waals surface area contributed by atoms with Crippen LogP contribution in [0.3, 0.4) is 0 Å². The van der Waals surface area contributed by atoms with Gasteiger partial charge in [-0.2, -0.15) is 0 Å². The number of carbonyl (C=O) groups is 6. The van der Waals surface area contributed by atoms with Gasteiger partial charge in [0.05, 0.1) is 6.04 Å². The predicted molar refractivity (Wildman–Crippen MR) is 199 cm³/mol. The monoisotopic (exact) mass is 716 g/mol. The van der Waals surface area contributed by atoms with Crippen molar-refractivity contribution in [3.63, 3.8) is 0 Å². The number of primary amides is 1. The van der Waals surface area contributed by atoms with Crippen LogP contribution in [0.2, 0.25) is 0 Å². The molecule has 12 nitrogen and oxygen atoms in total. The quantitative estimate of drug-likeness (QED) is 0.198. The molecule has 1 aliphatic heterocycles. The lowest BCUT2D eigenvalue weighted by atomic mass is 9.82. The summed E-state index contributed by atoms with van der Waals surface area (Å²) in [6.45, 7) is 17.2. The Bertz CT molecular complexity index is 1610. The number of nitrogens with two attached hydrogens (primary N) is 1. The molecule has 4 rings (SSSR count). The molecule has 2 aliphatic rings. The molecule has 12 heteroatoms. The van der Waals surface area contributed by atoms with Crippen molar-refractivity contribution in [1.82, 2.24) is 26.2 Å². The maximum absolute atomic E-state index is 14.7. The summed E-state index contributed by atoms with van der Waals surface area (Å²) in [5.41, 5.74) is 5.21. The third-order valence-corrected chi connectivity index (χ3v) is 10.3. The van der Waals surface area contributed by atoms with Crippen LogP contribution >= 0.6 is 0 Å². The van der Waals surface area contributed by atoms with E-state index < -0.39 is 76.5 Å². The van der Waals surface area contributed by atoms with Crippen molar-refractivity contribution in [1.29, 1.82) is 0 Å². The first-order valence-corrected chi connectivity index (χ1v) is 18.1. The Hall–Kier alpha value is -4.74. The van der Waals surface area contributed by atoms with E-state index in [0.29, 0.717) is 6.42 Å². The molecule has 0 aromatic heterocycles. The fourth-order valence-corrected chi connectivity index (χ4v) is 7.56. The number of fused-ring (bicyclic) bond motifs is 1. The summed E-state index contributed by atoms with van der Waals surface area (Å²) in [7, 11) is 0. The van der Waals surface area contributed by atoms with Gasteiger partial charge < -0.3 is 31.9 Å². The van der Waals surface area contributed by atoms with Gasteiger partial charge in [-0.3, -0.25) is 24.0 Å². The number of urea groups is 1. The van der Waals surface area contributed by atoms with Crippen molar-refractivity contribution < 1.29 is 28.8 Å². The number of benzene rings is 2. The highest BCUT2D eigenvalue weighted by molar-refractivity contribution is 6.37. The molecule has 52 heavy (non-hydrogen) atoms. The minimum absolute atomic E-state index is 0.0241. The van der Waals surface area contributed by atoms with Gasteiger partial charge in [0.2, 0.25) is 23.5 Å². The van der Waals surface area contributed by atoms with E-state index in [1.165, 1.54) is 4.90 Å². The first-order valence-electron chi connectivity index (χ1n) is 18.1. The van der Waals surface area contributed by atoms with Crippen LogP contribution in [0, 0.1) is 22.7 Å². The van der Waals surface area contributed by atoms with E-state index in [-0.39, 0.29) is 30.2 Å². The van der Waals surface area contributed by atoms with Crippen molar-refractivity contribution in [2.75, 3.05) is 6.54 Å². The number of piperidine rings is 1. The van der Waals surface area contributed by atoms with Crippen molar-refractivity contribution in [2.45, 2.75) is 111 Å². The van der Waals surface area contributed by atoms with Crippen LogP contribution in [0.15, 0.2) is 60.7 Å². The molecule has 6 N–H and O–H groups in total. The first-order chi connectivity index (χ1) is 24.2. The number of hydrogen-bond acceptors (Lipinski definition) is 6. The lowest BCUT2D eigenvalue weighted by Crippen LogP contribution is -2.63. The second-order valence-electron chi connectivity index (χ2n) is 16.9. The molecule has 4 unspecified atom stereocenters. The second kappa shape index (κ2) is 15.5. The molecule has 282 valence electrons. The van der Waals surface area contributed by atoms with E-state index in [9.17, 15) is 28.8 Å². The Kier molecular flexibility index (Phi) is 11.9. The van der Waals surface area contributed by atoms with Crippen LogP contribution in [0.1, 0.15) is 92.2 Å². The second-order valence-corrected chi connectivity index (χ2v) is 16.9. The van der Waals surface area contributed by atoms with Crippen molar-refractivity contribution in [3.05, 3.63) is 71.8 Å². The van der Waals surface area contributed by atoms with Crippen LogP contribution in [-0.4, -0.2) is 76.6 Å². The fourth-order valence-electron chi connectivity index (χ4n) is 7.56. The van der Waals surface area contributed by atoms with Crippen molar-refractivity contribution in [2.24, 2.45) is 28.4 Å². The highest BCUT2D eigenvalue weighted by Crippen LogP contribution is 2.65. The number of ketones is 1. The van der Waals surface area contributed by atoms with Crippen molar-refractivity contribution in [3.8, 4) is 0 Å². The molecule has 0 radical (unpaired) electrons. The van der Waals surface area contributed by atoms with Crippen molar-refractivity contribution >= 4 is 35.4 Å². The Balaban J connectivity index is 1.71. The lowest BCUT2D eigenvalue weighted by Gasteiger charge is -2.39. The summed E-state index contributed by atoms with van der Waals surface area (Å²) in [5.74, 6) is -4.38. The van der Waals surface area contributed by atoms with Crippen LogP contribution < -0.4 is 27.0 Å². The van der Waals surface area contributed by atoms with Gasteiger partial charge in [0.15, 0.2) is 0 Å². The first kappa shape index (κ1) is 40.0. The van der Waals surface area contributed by atoms with Gasteiger partial charge in [-0.05, 0) is 61.0 Å². The molecule has 1 aliphatic carbocycles. The van der Waals surface area contributed by atoms with Crippen LogP contribution in [0.5, 0.6) is 0 Å². The van der Waals surface area contributed by atoms with E-state index >= 15 is 0 Å². The summed E-state index contributed by atoms with van der Waals surface area (Å²) in [6.07, 6.45) is 0.733. The lowest BCUT2D eigenvalue weighted by molar-refractivity contribution is -0.146. The highest BCUT2D eigenvalue weighted by Gasteiger charge is 2.70. The summed E-state index contributed by atoms with van der Waals surface area (Å²) in [6, 6.07) is 13.9. The zero-order chi connectivity index (χ0) is 38.8. The fraction of sp³-hybridized carbons (Fsp3) is 0.550. The number of rotatable bonds is 13. The van der Waals surface area contributed by atoms with E-state index in [0.717, 1.165) is 11.1 Å². The molecule has 1 saturated carbocycles. The largest absolute Gasteiger partial charge is 0.363 e. The Morgan fingerprint density at radius 1 is 0.846 bits per heavy atom. The zero-order valence-corrected chi connectivity index (χ0v) is 31.9. The predicted octanol–water partition coefficient (Wildman–Crippen LogP) is 3.64. The molecule has 1 heterocycles. The topological polar surface area (TPSA) is 180 Å². The molecule has 1 saturated heterocycles. The Morgan fingerprint density at radius 2 is 1.38 bits per heavy atom. The smallest absolute Gasteiger partial charge is 0.315 e.